The number of methoxy groups -OCH3 is 2. The van der Waals surface area contributed by atoms with Gasteiger partial charge in [-0.2, -0.15) is 0 Å². The Balaban J connectivity index is 2.03. The molecule has 5 unspecified atom stereocenters. The number of aliphatic hydroxyl groups is 2. The summed E-state index contributed by atoms with van der Waals surface area (Å²) in [5.41, 5.74) is -0.175. The summed E-state index contributed by atoms with van der Waals surface area (Å²) >= 11 is 0. The van der Waals surface area contributed by atoms with Gasteiger partial charge in [-0.3, -0.25) is 10.1 Å². The minimum absolute atomic E-state index is 0.00614. The van der Waals surface area contributed by atoms with Crippen LogP contribution in [0.3, 0.4) is 0 Å². The number of hydrogen-bond acceptors (Lipinski definition) is 10. The number of rotatable bonds is 6. The van der Waals surface area contributed by atoms with Gasteiger partial charge in [0.05, 0.1) is 11.5 Å². The molecule has 0 radical (unpaired) electrons. The van der Waals surface area contributed by atoms with Crippen LogP contribution in [0.4, 0.5) is 10.5 Å². The molecule has 5 atom stereocenters. The molecule has 1 aliphatic rings. The van der Waals surface area contributed by atoms with Crippen molar-refractivity contribution in [2.75, 3.05) is 20.8 Å². The summed E-state index contributed by atoms with van der Waals surface area (Å²) in [6, 6.07) is 4.72. The Morgan fingerprint density at radius 2 is 1.88 bits per heavy atom. The summed E-state index contributed by atoms with van der Waals surface area (Å²) in [6.07, 6.45) is -7.50. The third kappa shape index (κ3) is 4.65. The molecule has 2 N–H and O–H groups in total. The first-order valence-corrected chi connectivity index (χ1v) is 7.53. The zero-order chi connectivity index (χ0) is 19.3. The van der Waals surface area contributed by atoms with E-state index in [1.807, 2.05) is 0 Å². The van der Waals surface area contributed by atoms with E-state index in [9.17, 15) is 25.1 Å². The average Bonchev–Trinajstić information content (AvgIpc) is 2.61. The van der Waals surface area contributed by atoms with Crippen LogP contribution in [0.1, 0.15) is 0 Å². The Bertz CT molecular complexity index is 621. The summed E-state index contributed by atoms with van der Waals surface area (Å²) < 4.78 is 25.1. The molecule has 0 amide bonds. The Morgan fingerprint density at radius 1 is 1.23 bits per heavy atom. The van der Waals surface area contributed by atoms with Crippen LogP contribution in [-0.2, 0) is 18.9 Å². The molecule has 11 heteroatoms. The number of carbonyl (C=O) groups is 1. The van der Waals surface area contributed by atoms with Gasteiger partial charge in [-0.05, 0) is 12.1 Å². The van der Waals surface area contributed by atoms with Crippen LogP contribution in [0.2, 0.25) is 0 Å². The highest BCUT2D eigenvalue weighted by molar-refractivity contribution is 5.64. The molecule has 2 rings (SSSR count). The van der Waals surface area contributed by atoms with Crippen LogP contribution in [0.25, 0.3) is 0 Å². The maximum Gasteiger partial charge on any atom is 0.514 e. The van der Waals surface area contributed by atoms with Crippen LogP contribution in [0, 0.1) is 10.1 Å². The fourth-order valence-electron chi connectivity index (χ4n) is 2.41. The lowest BCUT2D eigenvalue weighted by Gasteiger charge is -2.40. The first-order valence-electron chi connectivity index (χ1n) is 7.53. The summed E-state index contributed by atoms with van der Waals surface area (Å²) in [4.78, 5) is 21.9. The van der Waals surface area contributed by atoms with Gasteiger partial charge in [0.25, 0.3) is 5.69 Å². The zero-order valence-corrected chi connectivity index (χ0v) is 14.0. The molecule has 0 aromatic heterocycles. The maximum atomic E-state index is 11.9. The van der Waals surface area contributed by atoms with Crippen LogP contribution in [0.5, 0.6) is 5.75 Å². The number of benzene rings is 1. The van der Waals surface area contributed by atoms with Crippen LogP contribution >= 0.6 is 0 Å². The molecule has 1 saturated heterocycles. The summed E-state index contributed by atoms with van der Waals surface area (Å²) in [6.45, 7) is -0.0228. The number of nitro groups is 1. The topological polar surface area (TPSA) is 147 Å². The highest BCUT2D eigenvalue weighted by atomic mass is 16.7. The maximum absolute atomic E-state index is 11.9. The van der Waals surface area contributed by atoms with Crippen molar-refractivity contribution in [1.29, 1.82) is 0 Å². The highest BCUT2D eigenvalue weighted by Crippen LogP contribution is 2.25. The van der Waals surface area contributed by atoms with Crippen molar-refractivity contribution in [3.63, 3.8) is 0 Å². The number of aliphatic hydroxyl groups excluding tert-OH is 2. The van der Waals surface area contributed by atoms with Gasteiger partial charge in [0, 0.05) is 26.4 Å². The monoisotopic (exact) mass is 373 g/mol. The molecule has 0 aliphatic carbocycles. The fraction of sp³-hybridized carbons (Fsp3) is 0.533. The molecule has 0 bridgehead atoms. The quantitative estimate of drug-likeness (QED) is 0.307. The van der Waals surface area contributed by atoms with Gasteiger partial charge in [0.2, 0.25) is 0 Å². The lowest BCUT2D eigenvalue weighted by atomic mass is 9.99. The minimum atomic E-state index is -1.47. The third-order valence-electron chi connectivity index (χ3n) is 3.69. The Labute approximate surface area is 148 Å². The van der Waals surface area contributed by atoms with E-state index in [1.54, 1.807) is 0 Å². The van der Waals surface area contributed by atoms with E-state index in [2.05, 4.69) is 0 Å². The summed E-state index contributed by atoms with van der Waals surface area (Å²) in [7, 11) is 2.67. The van der Waals surface area contributed by atoms with Crippen molar-refractivity contribution >= 4 is 11.8 Å². The van der Waals surface area contributed by atoms with Gasteiger partial charge < -0.3 is 33.9 Å². The minimum Gasteiger partial charge on any atom is -0.425 e. The Morgan fingerprint density at radius 3 is 2.42 bits per heavy atom. The van der Waals surface area contributed by atoms with Crippen molar-refractivity contribution in [2.45, 2.75) is 30.7 Å². The van der Waals surface area contributed by atoms with Crippen LogP contribution < -0.4 is 4.74 Å². The SMILES string of the molecule is COCC1OC(OC)C(O)C(OC(=O)Oc2ccc([N+](=O)[O-])cc2)C1O. The van der Waals surface area contributed by atoms with E-state index in [4.69, 9.17) is 23.7 Å². The number of hydrogen-bond donors (Lipinski definition) is 2. The van der Waals surface area contributed by atoms with Crippen LogP contribution in [0.15, 0.2) is 24.3 Å². The zero-order valence-electron chi connectivity index (χ0n) is 14.0. The molecule has 144 valence electrons. The molecule has 26 heavy (non-hydrogen) atoms. The van der Waals surface area contributed by atoms with Crippen molar-refractivity contribution < 1.29 is 43.6 Å². The standard InChI is InChI=1S/C15H19NO10/c1-22-7-10-11(17)13(12(18)14(23-2)25-10)26-15(19)24-9-5-3-8(4-6-9)16(20)21/h3-6,10-14,17-18H,7H2,1-2H3. The molecule has 1 fully saturated rings. The molecule has 1 aromatic carbocycles. The normalized spacial score (nSPS) is 28.4. The largest absolute Gasteiger partial charge is 0.514 e. The number of nitro benzene ring substituents is 1. The van der Waals surface area contributed by atoms with Crippen molar-refractivity contribution in [2.24, 2.45) is 0 Å². The molecular weight excluding hydrogens is 354 g/mol. The predicted molar refractivity (Wildman–Crippen MR) is 83.6 cm³/mol. The number of carbonyl (C=O) groups excluding carboxylic acids is 1. The first kappa shape index (κ1) is 20.0. The van der Waals surface area contributed by atoms with Gasteiger partial charge in [-0.25, -0.2) is 4.79 Å². The Hall–Kier alpha value is -2.31. The molecule has 1 aliphatic heterocycles. The van der Waals surface area contributed by atoms with E-state index in [0.717, 1.165) is 12.1 Å². The molecular formula is C15H19NO10. The van der Waals surface area contributed by atoms with Crippen molar-refractivity contribution in [3.8, 4) is 5.75 Å². The molecule has 0 spiro atoms. The van der Waals surface area contributed by atoms with E-state index < -0.39 is 41.8 Å². The molecule has 0 saturated carbocycles. The fourth-order valence-corrected chi connectivity index (χ4v) is 2.41. The van der Waals surface area contributed by atoms with Gasteiger partial charge in [0.1, 0.15) is 24.1 Å². The first-order chi connectivity index (χ1) is 12.4. The van der Waals surface area contributed by atoms with E-state index in [0.29, 0.717) is 0 Å². The second-order valence-electron chi connectivity index (χ2n) is 5.40. The second kappa shape index (κ2) is 8.87. The Kier molecular flexibility index (Phi) is 6.83. The molecule has 11 nitrogen and oxygen atoms in total. The number of nitrogens with zero attached hydrogens (tertiary/aromatic N) is 1. The highest BCUT2D eigenvalue weighted by Gasteiger charge is 2.47. The summed E-state index contributed by atoms with van der Waals surface area (Å²) in [5.74, 6) is -0.00614. The van der Waals surface area contributed by atoms with E-state index in [-0.39, 0.29) is 18.0 Å². The molecule has 1 heterocycles. The van der Waals surface area contributed by atoms with Crippen molar-refractivity contribution in [3.05, 3.63) is 34.4 Å². The van der Waals surface area contributed by atoms with Gasteiger partial charge in [0.15, 0.2) is 12.4 Å². The lowest BCUT2D eigenvalue weighted by molar-refractivity contribution is -0.384. The second-order valence-corrected chi connectivity index (χ2v) is 5.40. The number of ether oxygens (including phenoxy) is 5. The lowest BCUT2D eigenvalue weighted by Crippen LogP contribution is -2.60. The summed E-state index contributed by atoms with van der Waals surface area (Å²) in [5, 5.41) is 31.0. The number of non-ortho nitro benzene ring substituents is 1. The van der Waals surface area contributed by atoms with Gasteiger partial charge >= 0.3 is 6.16 Å². The van der Waals surface area contributed by atoms with Crippen molar-refractivity contribution in [1.82, 2.24) is 0 Å². The third-order valence-corrected chi connectivity index (χ3v) is 3.69. The molecule has 1 aromatic rings. The van der Waals surface area contributed by atoms with E-state index in [1.165, 1.54) is 26.4 Å². The van der Waals surface area contributed by atoms with Gasteiger partial charge in [-0.1, -0.05) is 0 Å². The van der Waals surface area contributed by atoms with Crippen LogP contribution in [-0.4, -0.2) is 72.8 Å². The van der Waals surface area contributed by atoms with Gasteiger partial charge in [-0.15, -0.1) is 0 Å². The smallest absolute Gasteiger partial charge is 0.425 e. The average molecular weight is 373 g/mol. The predicted octanol–water partition coefficient (Wildman–Crippen LogP) is 0.218. The van der Waals surface area contributed by atoms with E-state index >= 15 is 0 Å².